The van der Waals surface area contributed by atoms with Crippen LogP contribution in [0.2, 0.25) is 0 Å². The second-order valence-electron chi connectivity index (χ2n) is 4.08. The van der Waals surface area contributed by atoms with Crippen LogP contribution < -0.4 is 16.0 Å². The first kappa shape index (κ1) is 11.3. The van der Waals surface area contributed by atoms with Gasteiger partial charge in [-0.05, 0) is 12.1 Å². The molecule has 0 fully saturated rings. The molecule has 0 saturated carbocycles. The van der Waals surface area contributed by atoms with E-state index in [0.29, 0.717) is 5.65 Å². The van der Waals surface area contributed by atoms with Gasteiger partial charge in [0, 0.05) is 11.6 Å². The van der Waals surface area contributed by atoms with Crippen molar-refractivity contribution in [3.8, 4) is 17.0 Å². The highest BCUT2D eigenvalue weighted by Gasteiger charge is 2.10. The minimum absolute atomic E-state index is 0.103. The second-order valence-corrected chi connectivity index (χ2v) is 4.08. The average molecular weight is 256 g/mol. The molecule has 3 N–H and O–H groups in total. The summed E-state index contributed by atoms with van der Waals surface area (Å²) < 4.78 is 6.61. The number of rotatable bonds is 2. The van der Waals surface area contributed by atoms with Gasteiger partial charge in [0.05, 0.1) is 19.0 Å². The summed E-state index contributed by atoms with van der Waals surface area (Å²) >= 11 is 0. The predicted octanol–water partition coefficient (Wildman–Crippen LogP) is 1.28. The molecule has 0 saturated heterocycles. The van der Waals surface area contributed by atoms with Gasteiger partial charge in [-0.25, -0.2) is 4.98 Å². The lowest BCUT2D eigenvalue weighted by Crippen LogP contribution is -2.18. The molecule has 0 spiro atoms. The van der Waals surface area contributed by atoms with Gasteiger partial charge < -0.3 is 10.5 Å². The van der Waals surface area contributed by atoms with Crippen molar-refractivity contribution in [2.24, 2.45) is 0 Å². The number of para-hydroxylation sites is 1. The lowest BCUT2D eigenvalue weighted by molar-refractivity contribution is 0.416. The molecule has 6 heteroatoms. The molecule has 3 rings (SSSR count). The molecule has 1 aromatic carbocycles. The topological polar surface area (TPSA) is 85.4 Å². The summed E-state index contributed by atoms with van der Waals surface area (Å²) in [4.78, 5) is 16.0. The number of hydrogen-bond acceptors (Lipinski definition) is 4. The maximum absolute atomic E-state index is 11.9. The van der Waals surface area contributed by atoms with Gasteiger partial charge in [-0.15, -0.1) is 0 Å². The zero-order valence-electron chi connectivity index (χ0n) is 10.3. The van der Waals surface area contributed by atoms with E-state index in [-0.39, 0.29) is 11.2 Å². The monoisotopic (exact) mass is 256 g/mol. The van der Waals surface area contributed by atoms with Crippen LogP contribution in [0.25, 0.3) is 16.9 Å². The van der Waals surface area contributed by atoms with E-state index < -0.39 is 0 Å². The van der Waals surface area contributed by atoms with Gasteiger partial charge >= 0.3 is 0 Å². The van der Waals surface area contributed by atoms with Gasteiger partial charge in [0.25, 0.3) is 5.56 Å². The first-order valence-electron chi connectivity index (χ1n) is 5.70. The number of nitrogen functional groups attached to an aromatic ring is 1. The number of nitrogens with one attached hydrogen (secondary N) is 1. The molecule has 0 aliphatic carbocycles. The first-order chi connectivity index (χ1) is 9.20. The fourth-order valence-electron chi connectivity index (χ4n) is 1.98. The number of hydrogen-bond donors (Lipinski definition) is 2. The highest BCUT2D eigenvalue weighted by molar-refractivity contribution is 5.70. The van der Waals surface area contributed by atoms with E-state index >= 15 is 0 Å². The van der Waals surface area contributed by atoms with E-state index in [1.165, 1.54) is 10.7 Å². The maximum atomic E-state index is 11.9. The molecule has 0 atom stereocenters. The molecule has 3 aromatic rings. The van der Waals surface area contributed by atoms with E-state index in [9.17, 15) is 4.79 Å². The third-order valence-corrected chi connectivity index (χ3v) is 2.92. The Labute approximate surface area is 108 Å². The predicted molar refractivity (Wildman–Crippen MR) is 72.2 cm³/mol. The minimum Gasteiger partial charge on any atom is -0.496 e. The van der Waals surface area contributed by atoms with Gasteiger partial charge in [-0.3, -0.25) is 9.89 Å². The van der Waals surface area contributed by atoms with E-state index in [0.717, 1.165) is 17.0 Å². The van der Waals surface area contributed by atoms with Crippen LogP contribution in [0.5, 0.6) is 5.75 Å². The lowest BCUT2D eigenvalue weighted by atomic mass is 10.1. The van der Waals surface area contributed by atoms with Crippen molar-refractivity contribution in [2.75, 3.05) is 12.8 Å². The van der Waals surface area contributed by atoms with Crippen LogP contribution in [0, 0.1) is 0 Å². The van der Waals surface area contributed by atoms with Gasteiger partial charge in [-0.2, -0.15) is 4.52 Å². The maximum Gasteiger partial charge on any atom is 0.295 e. The van der Waals surface area contributed by atoms with Gasteiger partial charge in [0.2, 0.25) is 0 Å². The van der Waals surface area contributed by atoms with Crippen molar-refractivity contribution in [2.45, 2.75) is 0 Å². The van der Waals surface area contributed by atoms with Crippen molar-refractivity contribution < 1.29 is 4.74 Å². The largest absolute Gasteiger partial charge is 0.496 e. The Morgan fingerprint density at radius 2 is 2.16 bits per heavy atom. The summed E-state index contributed by atoms with van der Waals surface area (Å²) in [7, 11) is 1.60. The van der Waals surface area contributed by atoms with Crippen LogP contribution in [0.1, 0.15) is 0 Å². The Morgan fingerprint density at radius 1 is 1.37 bits per heavy atom. The summed E-state index contributed by atoms with van der Waals surface area (Å²) in [6, 6.07) is 9.31. The third-order valence-electron chi connectivity index (χ3n) is 2.92. The van der Waals surface area contributed by atoms with E-state index in [4.69, 9.17) is 10.5 Å². The number of nitrogens with two attached hydrogens (primary N) is 1. The van der Waals surface area contributed by atoms with Crippen molar-refractivity contribution in [1.82, 2.24) is 14.6 Å². The summed E-state index contributed by atoms with van der Waals surface area (Å²) in [5.41, 5.74) is 7.45. The second kappa shape index (κ2) is 4.16. The van der Waals surface area contributed by atoms with Crippen LogP contribution >= 0.6 is 0 Å². The first-order valence-corrected chi connectivity index (χ1v) is 5.70. The number of fused-ring (bicyclic) bond motifs is 1. The van der Waals surface area contributed by atoms with Crippen LogP contribution in [-0.2, 0) is 0 Å². The summed E-state index contributed by atoms with van der Waals surface area (Å²) in [6.07, 6.45) is 1.36. The van der Waals surface area contributed by atoms with Crippen molar-refractivity contribution in [3.63, 3.8) is 0 Å². The number of benzene rings is 1. The molecular weight excluding hydrogens is 244 g/mol. The quantitative estimate of drug-likeness (QED) is 0.723. The van der Waals surface area contributed by atoms with Crippen LogP contribution in [0.15, 0.2) is 41.3 Å². The van der Waals surface area contributed by atoms with E-state index in [1.807, 2.05) is 24.3 Å². The lowest BCUT2D eigenvalue weighted by Gasteiger charge is -2.05. The summed E-state index contributed by atoms with van der Waals surface area (Å²) in [5, 5.41) is 2.98. The van der Waals surface area contributed by atoms with Crippen LogP contribution in [0.4, 0.5) is 5.69 Å². The van der Waals surface area contributed by atoms with Gasteiger partial charge in [0.15, 0.2) is 5.65 Å². The van der Waals surface area contributed by atoms with Crippen molar-refractivity contribution in [1.29, 1.82) is 0 Å². The number of H-pyrrole nitrogens is 1. The van der Waals surface area contributed by atoms with Crippen molar-refractivity contribution in [3.05, 3.63) is 46.9 Å². The Kier molecular flexibility index (Phi) is 2.49. The van der Waals surface area contributed by atoms with Gasteiger partial charge in [0.1, 0.15) is 11.4 Å². The fraction of sp³-hybridized carbons (Fsp3) is 0.0769. The average Bonchev–Trinajstić information content (AvgIpc) is 2.87. The van der Waals surface area contributed by atoms with Crippen LogP contribution in [-0.4, -0.2) is 21.7 Å². The third kappa shape index (κ3) is 1.74. The molecule has 2 aromatic heterocycles. The Morgan fingerprint density at radius 3 is 2.95 bits per heavy atom. The molecule has 96 valence electrons. The SMILES string of the molecule is COc1ccccc1-c1cc2ncc(N)c(=O)n2[nH]1. The molecule has 2 heterocycles. The van der Waals surface area contributed by atoms with Crippen molar-refractivity contribution >= 4 is 11.3 Å². The molecule has 0 aliphatic heterocycles. The number of methoxy groups -OCH3 is 1. The number of nitrogens with zero attached hydrogens (tertiary/aromatic N) is 2. The number of ether oxygens (including phenoxy) is 1. The number of anilines is 1. The fourth-order valence-corrected chi connectivity index (χ4v) is 1.98. The Hall–Kier alpha value is -2.76. The minimum atomic E-state index is -0.314. The Balaban J connectivity index is 2.27. The van der Waals surface area contributed by atoms with Crippen LogP contribution in [0.3, 0.4) is 0 Å². The highest BCUT2D eigenvalue weighted by atomic mass is 16.5. The molecule has 0 unspecified atom stereocenters. The number of aromatic nitrogens is 3. The van der Waals surface area contributed by atoms with E-state index in [1.54, 1.807) is 13.2 Å². The zero-order valence-corrected chi connectivity index (χ0v) is 10.3. The smallest absolute Gasteiger partial charge is 0.295 e. The Bertz CT molecular complexity index is 804. The molecule has 19 heavy (non-hydrogen) atoms. The highest BCUT2D eigenvalue weighted by Crippen LogP contribution is 2.28. The summed E-state index contributed by atoms with van der Waals surface area (Å²) in [5.74, 6) is 0.718. The molecule has 0 aliphatic rings. The standard InChI is InChI=1S/C13H12N4O2/c1-19-11-5-3-2-4-8(11)10-6-12-15-7-9(14)13(18)17(12)16-10/h2-7,16H,14H2,1H3. The molecule has 0 bridgehead atoms. The summed E-state index contributed by atoms with van der Waals surface area (Å²) in [6.45, 7) is 0. The molecule has 0 amide bonds. The molecular formula is C13H12N4O2. The molecule has 0 radical (unpaired) electrons. The van der Waals surface area contributed by atoms with Gasteiger partial charge in [-0.1, -0.05) is 12.1 Å². The zero-order chi connectivity index (χ0) is 13.4. The molecule has 6 nitrogen and oxygen atoms in total. The van der Waals surface area contributed by atoms with E-state index in [2.05, 4.69) is 10.1 Å². The number of aromatic amines is 1. The normalized spacial score (nSPS) is 10.8.